The summed E-state index contributed by atoms with van der Waals surface area (Å²) >= 11 is 0. The van der Waals surface area contributed by atoms with Crippen molar-refractivity contribution in [1.29, 1.82) is 0 Å². The Hall–Kier alpha value is -4.73. The van der Waals surface area contributed by atoms with Crippen molar-refractivity contribution in [3.05, 3.63) is 95.3 Å². The maximum atomic E-state index is 13.1. The summed E-state index contributed by atoms with van der Waals surface area (Å²) in [6.07, 6.45) is 0.639. The Labute approximate surface area is 232 Å². The number of rotatable bonds is 12. The fourth-order valence-corrected chi connectivity index (χ4v) is 4.00. The molecule has 3 aromatic rings. The van der Waals surface area contributed by atoms with Crippen LogP contribution in [0.2, 0.25) is 0 Å². The Morgan fingerprint density at radius 2 is 1.43 bits per heavy atom. The fourth-order valence-electron chi connectivity index (χ4n) is 4.00. The van der Waals surface area contributed by atoms with E-state index in [1.54, 1.807) is 20.8 Å². The van der Waals surface area contributed by atoms with E-state index in [0.717, 1.165) is 11.1 Å². The topological polar surface area (TPSA) is 147 Å². The van der Waals surface area contributed by atoms with Gasteiger partial charge in [-0.2, -0.15) is 0 Å². The zero-order chi connectivity index (χ0) is 29.2. The number of carbonyl (C=O) groups is 4. The summed E-state index contributed by atoms with van der Waals surface area (Å²) in [5.74, 6) is -3.82. The molecule has 0 radical (unpaired) electrons. The summed E-state index contributed by atoms with van der Waals surface area (Å²) in [7, 11) is 0. The number of nitrogens with zero attached hydrogens (tertiary/aromatic N) is 1. The molecule has 0 aliphatic carbocycles. The first-order chi connectivity index (χ1) is 19.1. The number of ether oxygens (including phenoxy) is 3. The number of benzene rings is 2. The molecule has 3 N–H and O–H groups in total. The molecule has 0 fully saturated rings. The first-order valence-corrected chi connectivity index (χ1v) is 12.8. The molecule has 0 saturated heterocycles. The van der Waals surface area contributed by atoms with Crippen molar-refractivity contribution in [1.82, 2.24) is 10.3 Å². The van der Waals surface area contributed by atoms with Crippen LogP contribution in [0.4, 0.5) is 0 Å². The van der Waals surface area contributed by atoms with E-state index in [2.05, 4.69) is 10.3 Å². The first kappa shape index (κ1) is 29.8. The molecule has 0 spiro atoms. The summed E-state index contributed by atoms with van der Waals surface area (Å²) in [6, 6.07) is 19.5. The molecular weight excluding hydrogens is 514 g/mol. The van der Waals surface area contributed by atoms with Gasteiger partial charge < -0.3 is 25.3 Å². The number of primary amides is 1. The largest absolute Gasteiger partial charge is 0.460 e. The molecular formula is C30H33N3O7. The van der Waals surface area contributed by atoms with E-state index in [4.69, 9.17) is 19.9 Å². The summed E-state index contributed by atoms with van der Waals surface area (Å²) in [6.45, 7) is 5.97. The van der Waals surface area contributed by atoms with Crippen LogP contribution in [0.25, 0.3) is 0 Å². The molecule has 3 rings (SSSR count). The molecule has 0 aliphatic heterocycles. The zero-order valence-electron chi connectivity index (χ0n) is 22.8. The summed E-state index contributed by atoms with van der Waals surface area (Å²) in [5.41, 5.74) is 6.92. The Bertz CT molecular complexity index is 1290. The number of amides is 2. The van der Waals surface area contributed by atoms with Crippen molar-refractivity contribution < 1.29 is 33.4 Å². The van der Waals surface area contributed by atoms with Gasteiger partial charge in [-0.05, 0) is 31.0 Å². The van der Waals surface area contributed by atoms with Gasteiger partial charge in [0.15, 0.2) is 11.4 Å². The van der Waals surface area contributed by atoms with Crippen LogP contribution in [0, 0.1) is 5.92 Å². The number of esters is 2. The molecule has 0 bridgehead atoms. The fraction of sp³-hybridized carbons (Fsp3) is 0.300. The first-order valence-electron chi connectivity index (χ1n) is 12.8. The molecule has 10 heteroatoms. The Balaban J connectivity index is 1.74. The van der Waals surface area contributed by atoms with Gasteiger partial charge in [0.05, 0.1) is 11.5 Å². The highest BCUT2D eigenvalue weighted by atomic mass is 16.7. The molecule has 40 heavy (non-hydrogen) atoms. The number of aromatic nitrogens is 1. The van der Waals surface area contributed by atoms with Crippen LogP contribution in [0.15, 0.2) is 72.9 Å². The molecule has 0 saturated carbocycles. The van der Waals surface area contributed by atoms with E-state index in [1.807, 2.05) is 60.7 Å². The minimum atomic E-state index is -1.08. The Kier molecular flexibility index (Phi) is 10.4. The number of hydrogen-bond acceptors (Lipinski definition) is 8. The van der Waals surface area contributed by atoms with Crippen molar-refractivity contribution >= 4 is 23.8 Å². The van der Waals surface area contributed by atoms with Crippen LogP contribution in [-0.2, 0) is 19.1 Å². The monoisotopic (exact) mass is 547 g/mol. The van der Waals surface area contributed by atoms with E-state index >= 15 is 0 Å². The van der Waals surface area contributed by atoms with E-state index in [9.17, 15) is 19.2 Å². The van der Waals surface area contributed by atoms with Gasteiger partial charge in [0.25, 0.3) is 11.8 Å². The third kappa shape index (κ3) is 7.66. The van der Waals surface area contributed by atoms with Crippen LogP contribution in [0.3, 0.4) is 0 Å². The van der Waals surface area contributed by atoms with Gasteiger partial charge in [-0.25, -0.2) is 9.78 Å². The number of pyridine rings is 1. The highest BCUT2D eigenvalue weighted by Gasteiger charge is 2.29. The predicted octanol–water partition coefficient (Wildman–Crippen LogP) is 3.60. The summed E-state index contributed by atoms with van der Waals surface area (Å²) in [4.78, 5) is 53.9. The molecule has 210 valence electrons. The van der Waals surface area contributed by atoms with E-state index in [-0.39, 0.29) is 22.9 Å². The average Bonchev–Trinajstić information content (AvgIpc) is 2.94. The van der Waals surface area contributed by atoms with Crippen LogP contribution < -0.4 is 15.8 Å². The van der Waals surface area contributed by atoms with E-state index in [1.165, 1.54) is 19.2 Å². The van der Waals surface area contributed by atoms with Crippen molar-refractivity contribution in [2.24, 2.45) is 11.7 Å². The Morgan fingerprint density at radius 1 is 0.850 bits per heavy atom. The number of hydrogen-bond donors (Lipinski definition) is 2. The maximum Gasteiger partial charge on any atom is 0.328 e. The highest BCUT2D eigenvalue weighted by molar-refractivity contribution is 6.03. The molecule has 1 heterocycles. The van der Waals surface area contributed by atoms with Crippen LogP contribution in [-0.4, -0.2) is 47.7 Å². The SMILES string of the molecule is CC(C)C(=O)OCOc1c(C(N)=O)ccnc1C(=O)N[C@@H](C)C(=O)OC(C)C(c1ccccc1)c1ccccc1. The van der Waals surface area contributed by atoms with E-state index in [0.29, 0.717) is 0 Å². The van der Waals surface area contributed by atoms with Gasteiger partial charge in [-0.15, -0.1) is 0 Å². The maximum absolute atomic E-state index is 13.1. The molecule has 1 unspecified atom stereocenters. The van der Waals surface area contributed by atoms with Gasteiger partial charge >= 0.3 is 11.9 Å². The highest BCUT2D eigenvalue weighted by Crippen LogP contribution is 2.30. The lowest BCUT2D eigenvalue weighted by molar-refractivity contribution is -0.154. The second-order valence-electron chi connectivity index (χ2n) is 9.42. The molecule has 2 aromatic carbocycles. The van der Waals surface area contributed by atoms with Gasteiger partial charge in [0, 0.05) is 12.1 Å². The third-order valence-corrected chi connectivity index (χ3v) is 6.05. The lowest BCUT2D eigenvalue weighted by Crippen LogP contribution is -2.42. The van der Waals surface area contributed by atoms with Crippen LogP contribution >= 0.6 is 0 Å². The van der Waals surface area contributed by atoms with Crippen LogP contribution in [0.5, 0.6) is 5.75 Å². The smallest absolute Gasteiger partial charge is 0.328 e. The molecule has 10 nitrogen and oxygen atoms in total. The van der Waals surface area contributed by atoms with Crippen molar-refractivity contribution in [3.8, 4) is 5.75 Å². The normalized spacial score (nSPS) is 12.3. The number of carbonyl (C=O) groups excluding carboxylic acids is 4. The van der Waals surface area contributed by atoms with E-state index < -0.39 is 48.6 Å². The van der Waals surface area contributed by atoms with Gasteiger partial charge in [-0.1, -0.05) is 74.5 Å². The predicted molar refractivity (Wildman–Crippen MR) is 146 cm³/mol. The number of nitrogens with one attached hydrogen (secondary N) is 1. The standard InChI is InChI=1S/C30H33N3O7/c1-18(2)29(36)39-17-38-26-23(27(31)34)15-16-32-25(26)28(35)33-19(3)30(37)40-20(4)24(21-11-7-5-8-12-21)22-13-9-6-10-14-22/h5-16,18-20,24H,17H2,1-4H3,(H2,31,34)(H,33,35)/t19-,20?/m0/s1. The van der Waals surface area contributed by atoms with Gasteiger partial charge in [0.1, 0.15) is 12.1 Å². The average molecular weight is 548 g/mol. The lowest BCUT2D eigenvalue weighted by atomic mass is 9.87. The lowest BCUT2D eigenvalue weighted by Gasteiger charge is -2.26. The minimum absolute atomic E-state index is 0.141. The third-order valence-electron chi connectivity index (χ3n) is 6.05. The molecule has 2 atom stereocenters. The summed E-state index contributed by atoms with van der Waals surface area (Å²) < 4.78 is 16.2. The van der Waals surface area contributed by atoms with Crippen LogP contribution in [0.1, 0.15) is 65.6 Å². The number of nitrogens with two attached hydrogens (primary N) is 1. The van der Waals surface area contributed by atoms with Gasteiger partial charge in [-0.3, -0.25) is 14.4 Å². The second kappa shape index (κ2) is 13.9. The zero-order valence-corrected chi connectivity index (χ0v) is 22.8. The quantitative estimate of drug-likeness (QED) is 0.258. The molecule has 0 aliphatic rings. The van der Waals surface area contributed by atoms with Crippen molar-refractivity contribution in [2.45, 2.75) is 45.8 Å². The van der Waals surface area contributed by atoms with Gasteiger partial charge in [0.2, 0.25) is 6.79 Å². The minimum Gasteiger partial charge on any atom is -0.460 e. The molecule has 1 aromatic heterocycles. The summed E-state index contributed by atoms with van der Waals surface area (Å²) in [5, 5.41) is 2.53. The second-order valence-corrected chi connectivity index (χ2v) is 9.42. The molecule has 2 amide bonds. The van der Waals surface area contributed by atoms with Crippen molar-refractivity contribution in [3.63, 3.8) is 0 Å². The Morgan fingerprint density at radius 3 is 1.95 bits per heavy atom. The van der Waals surface area contributed by atoms with Crippen molar-refractivity contribution in [2.75, 3.05) is 6.79 Å².